The summed E-state index contributed by atoms with van der Waals surface area (Å²) in [7, 11) is 0. The maximum Gasteiger partial charge on any atom is 0.306 e. The van der Waals surface area contributed by atoms with Crippen LogP contribution in [0, 0.1) is 11.8 Å². The number of fused-ring (bicyclic) bond motifs is 2. The van der Waals surface area contributed by atoms with Crippen LogP contribution in [0.1, 0.15) is 25.7 Å². The van der Waals surface area contributed by atoms with E-state index < -0.39 is 0 Å². The highest BCUT2D eigenvalue weighted by atomic mass is 16.5. The maximum atomic E-state index is 11.0. The second-order valence-corrected chi connectivity index (χ2v) is 3.76. The number of ether oxygens (including phenoxy) is 1. The minimum atomic E-state index is 0.00260. The van der Waals surface area contributed by atoms with Gasteiger partial charge in [0, 0.05) is 12.3 Å². The van der Waals surface area contributed by atoms with Crippen molar-refractivity contribution in [2.75, 3.05) is 0 Å². The van der Waals surface area contributed by atoms with Crippen molar-refractivity contribution >= 4 is 5.97 Å². The van der Waals surface area contributed by atoms with Crippen LogP contribution < -0.4 is 0 Å². The highest BCUT2D eigenvalue weighted by Gasteiger charge is 2.42. The molecule has 1 aliphatic heterocycles. The minimum Gasteiger partial charge on any atom is -0.462 e. The van der Waals surface area contributed by atoms with Crippen LogP contribution >= 0.6 is 0 Å². The van der Waals surface area contributed by atoms with Gasteiger partial charge in [-0.2, -0.15) is 0 Å². The molecule has 1 heterocycles. The van der Waals surface area contributed by atoms with Crippen molar-refractivity contribution in [2.24, 2.45) is 11.8 Å². The van der Waals surface area contributed by atoms with Crippen LogP contribution in [-0.4, -0.2) is 12.1 Å². The Morgan fingerprint density at radius 1 is 1.58 bits per heavy atom. The van der Waals surface area contributed by atoms with E-state index in [1.165, 1.54) is 0 Å². The van der Waals surface area contributed by atoms with Crippen LogP contribution in [-0.2, 0) is 9.53 Å². The van der Waals surface area contributed by atoms with E-state index in [0.29, 0.717) is 18.3 Å². The molecule has 3 atom stereocenters. The van der Waals surface area contributed by atoms with Gasteiger partial charge in [-0.15, -0.1) is 6.58 Å². The lowest BCUT2D eigenvalue weighted by Crippen LogP contribution is -2.31. The Bertz CT molecular complexity index is 194. The molecule has 0 N–H and O–H groups in total. The van der Waals surface area contributed by atoms with E-state index in [9.17, 15) is 4.79 Å². The van der Waals surface area contributed by atoms with Gasteiger partial charge >= 0.3 is 5.97 Å². The van der Waals surface area contributed by atoms with Crippen molar-refractivity contribution in [2.45, 2.75) is 31.8 Å². The zero-order valence-corrected chi connectivity index (χ0v) is 7.16. The molecule has 2 heteroatoms. The van der Waals surface area contributed by atoms with E-state index in [1.54, 1.807) is 0 Å². The monoisotopic (exact) mass is 166 g/mol. The molecule has 2 bridgehead atoms. The summed E-state index contributed by atoms with van der Waals surface area (Å²) in [5.41, 5.74) is 0. The molecule has 2 fully saturated rings. The Morgan fingerprint density at radius 3 is 3.08 bits per heavy atom. The summed E-state index contributed by atoms with van der Waals surface area (Å²) in [6, 6.07) is 0. The number of carbonyl (C=O) groups excluding carboxylic acids is 1. The Morgan fingerprint density at radius 2 is 2.42 bits per heavy atom. The zero-order valence-electron chi connectivity index (χ0n) is 7.16. The van der Waals surface area contributed by atoms with Crippen molar-refractivity contribution in [3.05, 3.63) is 12.7 Å². The highest BCUT2D eigenvalue weighted by molar-refractivity contribution is 5.71. The number of rotatable bonds is 2. The van der Waals surface area contributed by atoms with Gasteiger partial charge in [-0.25, -0.2) is 0 Å². The fourth-order valence-electron chi connectivity index (χ4n) is 2.48. The number of carbonyl (C=O) groups is 1. The van der Waals surface area contributed by atoms with Crippen molar-refractivity contribution in [3.63, 3.8) is 0 Å². The van der Waals surface area contributed by atoms with E-state index >= 15 is 0 Å². The second-order valence-electron chi connectivity index (χ2n) is 3.76. The quantitative estimate of drug-likeness (QED) is 0.462. The number of hydrogen-bond donors (Lipinski definition) is 0. The largest absolute Gasteiger partial charge is 0.462 e. The van der Waals surface area contributed by atoms with E-state index in [-0.39, 0.29) is 12.1 Å². The first kappa shape index (κ1) is 7.84. The minimum absolute atomic E-state index is 0.00260. The molecule has 1 saturated carbocycles. The Kier molecular flexibility index (Phi) is 1.91. The van der Waals surface area contributed by atoms with E-state index in [1.807, 2.05) is 6.08 Å². The Hall–Kier alpha value is -0.790. The summed E-state index contributed by atoms with van der Waals surface area (Å²) < 4.78 is 5.26. The predicted octanol–water partition coefficient (Wildman–Crippen LogP) is 1.90. The van der Waals surface area contributed by atoms with E-state index in [2.05, 4.69) is 6.58 Å². The molecule has 1 saturated heterocycles. The van der Waals surface area contributed by atoms with Gasteiger partial charge in [0.1, 0.15) is 6.10 Å². The molecule has 2 aliphatic rings. The number of allylic oxidation sites excluding steroid dienone is 1. The number of esters is 1. The third-order valence-corrected chi connectivity index (χ3v) is 3.06. The van der Waals surface area contributed by atoms with Crippen molar-refractivity contribution in [1.82, 2.24) is 0 Å². The summed E-state index contributed by atoms with van der Waals surface area (Å²) in [5.74, 6) is 1.15. The van der Waals surface area contributed by atoms with Crippen LogP contribution in [0.25, 0.3) is 0 Å². The SMILES string of the molecule is C=CCC1C2CCC1OC(=O)C2. The first-order chi connectivity index (χ1) is 5.81. The first-order valence-electron chi connectivity index (χ1n) is 4.61. The van der Waals surface area contributed by atoms with Crippen molar-refractivity contribution in [1.29, 1.82) is 0 Å². The Labute approximate surface area is 72.6 Å². The third-order valence-electron chi connectivity index (χ3n) is 3.06. The summed E-state index contributed by atoms with van der Waals surface area (Å²) in [6.45, 7) is 3.73. The molecule has 66 valence electrons. The number of hydrogen-bond acceptors (Lipinski definition) is 2. The van der Waals surface area contributed by atoms with Gasteiger partial charge in [-0.3, -0.25) is 4.79 Å². The highest BCUT2D eigenvalue weighted by Crippen LogP contribution is 2.42. The molecule has 0 amide bonds. The zero-order chi connectivity index (χ0) is 8.55. The molecule has 2 nitrogen and oxygen atoms in total. The maximum absolute atomic E-state index is 11.0. The normalized spacial score (nSPS) is 39.3. The average molecular weight is 166 g/mol. The van der Waals surface area contributed by atoms with Crippen LogP contribution in [0.2, 0.25) is 0 Å². The molecule has 0 aromatic heterocycles. The molecule has 3 unspecified atom stereocenters. The molecule has 2 rings (SSSR count). The fourth-order valence-corrected chi connectivity index (χ4v) is 2.48. The van der Waals surface area contributed by atoms with Gasteiger partial charge in [0.25, 0.3) is 0 Å². The first-order valence-corrected chi connectivity index (χ1v) is 4.61. The standard InChI is InChI=1S/C10H14O2/c1-2-3-8-7-4-5-9(8)12-10(11)6-7/h2,7-9H,1,3-6H2. The molecule has 0 aromatic carbocycles. The van der Waals surface area contributed by atoms with Gasteiger partial charge in [-0.1, -0.05) is 6.08 Å². The fraction of sp³-hybridized carbons (Fsp3) is 0.700. The summed E-state index contributed by atoms with van der Waals surface area (Å²) in [6.07, 6.45) is 6.01. The lowest BCUT2D eigenvalue weighted by molar-refractivity contribution is -0.157. The molecule has 1 aliphatic carbocycles. The molecule has 0 radical (unpaired) electrons. The molecule has 0 spiro atoms. The predicted molar refractivity (Wildman–Crippen MR) is 45.5 cm³/mol. The Balaban J connectivity index is 2.08. The van der Waals surface area contributed by atoms with Crippen LogP contribution in [0.5, 0.6) is 0 Å². The van der Waals surface area contributed by atoms with Crippen LogP contribution in [0.3, 0.4) is 0 Å². The lowest BCUT2D eigenvalue weighted by Gasteiger charge is -2.28. The lowest BCUT2D eigenvalue weighted by atomic mass is 9.87. The topological polar surface area (TPSA) is 26.3 Å². The summed E-state index contributed by atoms with van der Waals surface area (Å²) in [4.78, 5) is 11.0. The average Bonchev–Trinajstić information content (AvgIpc) is 2.32. The molecular formula is C10H14O2. The van der Waals surface area contributed by atoms with E-state index in [4.69, 9.17) is 4.74 Å². The van der Waals surface area contributed by atoms with Gasteiger partial charge in [0.2, 0.25) is 0 Å². The molecule has 0 aromatic rings. The summed E-state index contributed by atoms with van der Waals surface area (Å²) >= 11 is 0. The smallest absolute Gasteiger partial charge is 0.306 e. The molecule has 12 heavy (non-hydrogen) atoms. The van der Waals surface area contributed by atoms with Crippen LogP contribution in [0.15, 0.2) is 12.7 Å². The van der Waals surface area contributed by atoms with E-state index in [0.717, 1.165) is 19.3 Å². The third kappa shape index (κ3) is 1.15. The van der Waals surface area contributed by atoms with Gasteiger partial charge < -0.3 is 4.74 Å². The van der Waals surface area contributed by atoms with Gasteiger partial charge in [-0.05, 0) is 25.2 Å². The van der Waals surface area contributed by atoms with Gasteiger partial charge in [0.15, 0.2) is 0 Å². The molecular weight excluding hydrogens is 152 g/mol. The van der Waals surface area contributed by atoms with Gasteiger partial charge in [0.05, 0.1) is 0 Å². The summed E-state index contributed by atoms with van der Waals surface area (Å²) in [5, 5.41) is 0. The second kappa shape index (κ2) is 2.92. The van der Waals surface area contributed by atoms with Crippen molar-refractivity contribution < 1.29 is 9.53 Å². The van der Waals surface area contributed by atoms with Crippen LogP contribution in [0.4, 0.5) is 0 Å². The van der Waals surface area contributed by atoms with Crippen molar-refractivity contribution in [3.8, 4) is 0 Å².